The summed E-state index contributed by atoms with van der Waals surface area (Å²) in [6.45, 7) is 2.72. The average Bonchev–Trinajstić information content (AvgIpc) is 3.02. The fraction of sp³-hybridized carbons (Fsp3) is 0.294. The molecule has 0 unspecified atom stereocenters. The average molecular weight is 377 g/mol. The molecule has 2 aromatic carbocycles. The van der Waals surface area contributed by atoms with Crippen molar-refractivity contribution in [1.29, 1.82) is 0 Å². The minimum Gasteiger partial charge on any atom is -0.244 e. The summed E-state index contributed by atoms with van der Waals surface area (Å²) in [5, 5.41) is 8.04. The fourth-order valence-corrected chi connectivity index (χ4v) is 4.23. The lowest BCUT2D eigenvalue weighted by molar-refractivity contribution is 0.569. The second-order valence-corrected chi connectivity index (χ2v) is 8.77. The maximum absolute atomic E-state index is 12.1. The van der Waals surface area contributed by atoms with Crippen molar-refractivity contribution in [3.63, 3.8) is 0 Å². The second-order valence-electron chi connectivity index (χ2n) is 5.68. The van der Waals surface area contributed by atoms with Crippen LogP contribution in [0.4, 0.5) is 0 Å². The highest BCUT2D eigenvalue weighted by Gasteiger charge is 2.12. The zero-order valence-corrected chi connectivity index (χ0v) is 15.6. The van der Waals surface area contributed by atoms with Gasteiger partial charge in [0.25, 0.3) is 0 Å². The van der Waals surface area contributed by atoms with Crippen LogP contribution >= 0.6 is 11.8 Å². The van der Waals surface area contributed by atoms with Crippen molar-refractivity contribution in [2.75, 3.05) is 18.1 Å². The summed E-state index contributed by atoms with van der Waals surface area (Å²) in [6, 6.07) is 15.7. The third-order valence-corrected chi connectivity index (χ3v) is 6.08. The number of aryl methyl sites for hydroxylation is 2. The number of hydrogen-bond donors (Lipinski definition) is 1. The Labute approximate surface area is 151 Å². The van der Waals surface area contributed by atoms with Crippen LogP contribution in [-0.4, -0.2) is 41.5 Å². The summed E-state index contributed by atoms with van der Waals surface area (Å²) in [5.41, 5.74) is 2.82. The van der Waals surface area contributed by atoms with Gasteiger partial charge in [0, 0.05) is 17.2 Å². The third-order valence-electron chi connectivity index (χ3n) is 3.71. The number of benzene rings is 2. The molecule has 6 nitrogen and oxygen atoms in total. The Morgan fingerprint density at radius 1 is 1.12 bits per heavy atom. The van der Waals surface area contributed by atoms with Gasteiger partial charge in [-0.2, -0.15) is 0 Å². The SMILES string of the molecule is Cc1ccc(SCCNS(=O)(=O)CCn2nnc3ccccc32)cc1. The van der Waals surface area contributed by atoms with Gasteiger partial charge in [0.1, 0.15) is 5.52 Å². The number of aromatic nitrogens is 3. The Balaban J connectivity index is 1.46. The molecule has 0 saturated carbocycles. The number of rotatable bonds is 8. The summed E-state index contributed by atoms with van der Waals surface area (Å²) in [6.07, 6.45) is 0. The Hall–Kier alpha value is -1.90. The summed E-state index contributed by atoms with van der Waals surface area (Å²) >= 11 is 1.63. The van der Waals surface area contributed by atoms with E-state index in [0.29, 0.717) is 12.3 Å². The Morgan fingerprint density at radius 3 is 2.68 bits per heavy atom. The van der Waals surface area contributed by atoms with E-state index in [2.05, 4.69) is 27.2 Å². The summed E-state index contributed by atoms with van der Waals surface area (Å²) in [5.74, 6) is 0.671. The van der Waals surface area contributed by atoms with Gasteiger partial charge < -0.3 is 0 Å². The lowest BCUT2D eigenvalue weighted by atomic mass is 10.2. The van der Waals surface area contributed by atoms with Crippen molar-refractivity contribution >= 4 is 32.8 Å². The fourth-order valence-electron chi connectivity index (χ4n) is 2.36. The van der Waals surface area contributed by atoms with E-state index in [1.165, 1.54) is 5.56 Å². The van der Waals surface area contributed by atoms with E-state index in [0.717, 1.165) is 15.9 Å². The van der Waals surface area contributed by atoms with Crippen molar-refractivity contribution in [1.82, 2.24) is 19.7 Å². The van der Waals surface area contributed by atoms with Gasteiger partial charge in [-0.15, -0.1) is 16.9 Å². The van der Waals surface area contributed by atoms with Crippen LogP contribution in [0, 0.1) is 6.92 Å². The topological polar surface area (TPSA) is 76.9 Å². The lowest BCUT2D eigenvalue weighted by Gasteiger charge is -2.07. The van der Waals surface area contributed by atoms with Gasteiger partial charge in [0.15, 0.2) is 0 Å². The molecule has 25 heavy (non-hydrogen) atoms. The number of para-hydroxylation sites is 1. The highest BCUT2D eigenvalue weighted by atomic mass is 32.2. The van der Waals surface area contributed by atoms with Crippen molar-refractivity contribution < 1.29 is 8.42 Å². The van der Waals surface area contributed by atoms with Gasteiger partial charge in [-0.25, -0.2) is 17.8 Å². The minimum atomic E-state index is -3.34. The highest BCUT2D eigenvalue weighted by Crippen LogP contribution is 2.17. The van der Waals surface area contributed by atoms with E-state index in [9.17, 15) is 8.42 Å². The van der Waals surface area contributed by atoms with E-state index >= 15 is 0 Å². The first kappa shape index (κ1) is 17.9. The molecule has 0 aliphatic rings. The van der Waals surface area contributed by atoms with Crippen LogP contribution in [0.5, 0.6) is 0 Å². The maximum atomic E-state index is 12.1. The van der Waals surface area contributed by atoms with Crippen LogP contribution in [-0.2, 0) is 16.6 Å². The predicted molar refractivity (Wildman–Crippen MR) is 101 cm³/mol. The van der Waals surface area contributed by atoms with E-state index in [1.54, 1.807) is 16.4 Å². The Morgan fingerprint density at radius 2 is 1.88 bits per heavy atom. The molecule has 8 heteroatoms. The molecule has 132 valence electrons. The van der Waals surface area contributed by atoms with E-state index in [1.807, 2.05) is 43.3 Å². The number of thioether (sulfide) groups is 1. The molecule has 1 heterocycles. The maximum Gasteiger partial charge on any atom is 0.213 e. The largest absolute Gasteiger partial charge is 0.244 e. The van der Waals surface area contributed by atoms with Crippen LogP contribution in [0.3, 0.4) is 0 Å². The number of sulfonamides is 1. The standard InChI is InChI=1S/C17H20N4O2S2/c1-14-6-8-15(9-7-14)24-12-10-18-25(22,23)13-11-21-17-5-3-2-4-16(17)19-20-21/h2-9,18H,10-13H2,1H3. The van der Waals surface area contributed by atoms with Crippen LogP contribution in [0.2, 0.25) is 0 Å². The molecule has 0 saturated heterocycles. The zero-order chi connectivity index (χ0) is 17.7. The first-order chi connectivity index (χ1) is 12.0. The number of nitrogens with one attached hydrogen (secondary N) is 1. The number of fused-ring (bicyclic) bond motifs is 1. The first-order valence-corrected chi connectivity index (χ1v) is 10.6. The molecule has 0 spiro atoms. The second kappa shape index (κ2) is 7.99. The molecule has 0 radical (unpaired) electrons. The smallest absolute Gasteiger partial charge is 0.213 e. The van der Waals surface area contributed by atoms with E-state index in [-0.39, 0.29) is 12.3 Å². The molecule has 0 aliphatic heterocycles. The van der Waals surface area contributed by atoms with Crippen LogP contribution < -0.4 is 4.72 Å². The van der Waals surface area contributed by atoms with Gasteiger partial charge in [0.2, 0.25) is 10.0 Å². The highest BCUT2D eigenvalue weighted by molar-refractivity contribution is 7.99. The van der Waals surface area contributed by atoms with Crippen LogP contribution in [0.25, 0.3) is 11.0 Å². The molecule has 0 bridgehead atoms. The predicted octanol–water partition coefficient (Wildman–Crippen LogP) is 2.45. The molecular formula is C17H20N4O2S2. The molecule has 0 aliphatic carbocycles. The van der Waals surface area contributed by atoms with Crippen LogP contribution in [0.1, 0.15) is 5.56 Å². The third kappa shape index (κ3) is 5.04. The number of nitrogens with zero attached hydrogens (tertiary/aromatic N) is 3. The molecule has 1 aromatic heterocycles. The van der Waals surface area contributed by atoms with Gasteiger partial charge in [-0.05, 0) is 31.2 Å². The lowest BCUT2D eigenvalue weighted by Crippen LogP contribution is -2.30. The normalized spacial score (nSPS) is 11.9. The molecule has 1 N–H and O–H groups in total. The van der Waals surface area contributed by atoms with Crippen LogP contribution in [0.15, 0.2) is 53.4 Å². The van der Waals surface area contributed by atoms with Gasteiger partial charge in [-0.3, -0.25) is 0 Å². The van der Waals surface area contributed by atoms with Crippen molar-refractivity contribution in [3.8, 4) is 0 Å². The van der Waals surface area contributed by atoms with Crippen molar-refractivity contribution in [3.05, 3.63) is 54.1 Å². The molecule has 0 atom stereocenters. The van der Waals surface area contributed by atoms with Gasteiger partial charge in [-0.1, -0.05) is 35.0 Å². The zero-order valence-electron chi connectivity index (χ0n) is 13.9. The van der Waals surface area contributed by atoms with Crippen molar-refractivity contribution in [2.24, 2.45) is 0 Å². The molecule has 3 aromatic rings. The first-order valence-electron chi connectivity index (χ1n) is 7.98. The van der Waals surface area contributed by atoms with Gasteiger partial charge in [0.05, 0.1) is 17.8 Å². The quantitative estimate of drug-likeness (QED) is 0.483. The molecule has 0 amide bonds. The van der Waals surface area contributed by atoms with E-state index < -0.39 is 10.0 Å². The minimum absolute atomic E-state index is 0.0183. The molecule has 0 fully saturated rings. The molecule has 3 rings (SSSR count). The Bertz CT molecular complexity index is 937. The molecular weight excluding hydrogens is 356 g/mol. The van der Waals surface area contributed by atoms with E-state index in [4.69, 9.17) is 0 Å². The Kier molecular flexibility index (Phi) is 5.72. The van der Waals surface area contributed by atoms with Gasteiger partial charge >= 0.3 is 0 Å². The summed E-state index contributed by atoms with van der Waals surface area (Å²) in [4.78, 5) is 1.14. The van der Waals surface area contributed by atoms with Crippen molar-refractivity contribution in [2.45, 2.75) is 18.4 Å². The number of hydrogen-bond acceptors (Lipinski definition) is 5. The summed E-state index contributed by atoms with van der Waals surface area (Å²) in [7, 11) is -3.34. The monoisotopic (exact) mass is 376 g/mol. The summed E-state index contributed by atoms with van der Waals surface area (Å²) < 4.78 is 28.5.